The highest BCUT2D eigenvalue weighted by Gasteiger charge is 2.16. The third-order valence-electron chi connectivity index (χ3n) is 3.70. The topological polar surface area (TPSA) is 75.9 Å². The fourth-order valence-electron chi connectivity index (χ4n) is 2.25. The second-order valence-corrected chi connectivity index (χ2v) is 7.12. The van der Waals surface area contributed by atoms with Gasteiger partial charge in [-0.15, -0.1) is 10.2 Å². The SMILES string of the molecule is CN(C)c1cc(-c2nnc(SCc3ccccn3)n2C)nc(N(C)C)n1. The molecule has 0 aliphatic rings. The van der Waals surface area contributed by atoms with Crippen molar-refractivity contribution in [2.45, 2.75) is 10.9 Å². The second-order valence-electron chi connectivity index (χ2n) is 6.18. The summed E-state index contributed by atoms with van der Waals surface area (Å²) in [5.74, 6) is 2.91. The average molecular weight is 370 g/mol. The molecule has 8 nitrogen and oxygen atoms in total. The van der Waals surface area contributed by atoms with Crippen molar-refractivity contribution in [3.63, 3.8) is 0 Å². The predicted octanol–water partition coefficient (Wildman–Crippen LogP) is 2.09. The highest BCUT2D eigenvalue weighted by atomic mass is 32.2. The van der Waals surface area contributed by atoms with Crippen molar-refractivity contribution < 1.29 is 0 Å². The van der Waals surface area contributed by atoms with Crippen LogP contribution in [0.15, 0.2) is 35.6 Å². The molecular formula is C17H22N8S. The predicted molar refractivity (Wildman–Crippen MR) is 104 cm³/mol. The number of pyridine rings is 1. The van der Waals surface area contributed by atoms with Crippen molar-refractivity contribution in [1.29, 1.82) is 0 Å². The maximum absolute atomic E-state index is 4.62. The van der Waals surface area contributed by atoms with Gasteiger partial charge in [0.1, 0.15) is 11.5 Å². The minimum atomic E-state index is 0.636. The second kappa shape index (κ2) is 7.69. The normalized spacial score (nSPS) is 10.8. The Morgan fingerprint density at radius 1 is 1.04 bits per heavy atom. The molecule has 0 saturated heterocycles. The van der Waals surface area contributed by atoms with E-state index in [-0.39, 0.29) is 0 Å². The zero-order chi connectivity index (χ0) is 18.7. The third-order valence-corrected chi connectivity index (χ3v) is 4.75. The standard InChI is InChI=1S/C17H22N8S/c1-23(2)14-10-13(19-16(20-14)24(3)4)15-21-22-17(25(15)5)26-11-12-8-6-7-9-18-12/h6-10H,11H2,1-5H3. The Morgan fingerprint density at radius 3 is 2.50 bits per heavy atom. The first kappa shape index (κ1) is 18.1. The number of rotatable bonds is 6. The zero-order valence-corrected chi connectivity index (χ0v) is 16.4. The summed E-state index contributed by atoms with van der Waals surface area (Å²) in [5.41, 5.74) is 1.75. The lowest BCUT2D eigenvalue weighted by atomic mass is 10.3. The summed E-state index contributed by atoms with van der Waals surface area (Å²) in [6.07, 6.45) is 1.80. The Hall–Kier alpha value is -2.68. The third kappa shape index (κ3) is 3.93. The van der Waals surface area contributed by atoms with E-state index in [1.807, 2.05) is 73.9 Å². The van der Waals surface area contributed by atoms with Gasteiger partial charge in [0.15, 0.2) is 11.0 Å². The molecule has 0 radical (unpaired) electrons. The maximum atomic E-state index is 4.62. The average Bonchev–Trinajstić information content (AvgIpc) is 3.01. The van der Waals surface area contributed by atoms with Crippen LogP contribution >= 0.6 is 11.8 Å². The molecule has 0 bridgehead atoms. The molecule has 0 saturated carbocycles. The van der Waals surface area contributed by atoms with Crippen molar-refractivity contribution in [2.24, 2.45) is 7.05 Å². The van der Waals surface area contributed by atoms with Gasteiger partial charge < -0.3 is 14.4 Å². The summed E-state index contributed by atoms with van der Waals surface area (Å²) in [6.45, 7) is 0. The van der Waals surface area contributed by atoms with Gasteiger partial charge in [0, 0.05) is 53.3 Å². The van der Waals surface area contributed by atoms with Crippen LogP contribution in [0.5, 0.6) is 0 Å². The highest BCUT2D eigenvalue weighted by molar-refractivity contribution is 7.98. The molecule has 0 aliphatic heterocycles. The van der Waals surface area contributed by atoms with E-state index in [9.17, 15) is 0 Å². The fraction of sp³-hybridized carbons (Fsp3) is 0.353. The van der Waals surface area contributed by atoms with Crippen LogP contribution < -0.4 is 9.80 Å². The molecule has 0 amide bonds. The molecule has 9 heteroatoms. The Balaban J connectivity index is 1.89. The highest BCUT2D eigenvalue weighted by Crippen LogP contribution is 2.26. The minimum absolute atomic E-state index is 0.636. The van der Waals surface area contributed by atoms with Crippen LogP contribution in [0.3, 0.4) is 0 Å². The Labute approximate surface area is 157 Å². The lowest BCUT2D eigenvalue weighted by Crippen LogP contribution is -2.17. The first-order chi connectivity index (χ1) is 12.5. The summed E-state index contributed by atoms with van der Waals surface area (Å²) < 4.78 is 1.95. The van der Waals surface area contributed by atoms with Crippen LogP contribution in [0.25, 0.3) is 11.5 Å². The molecule has 0 fully saturated rings. The van der Waals surface area contributed by atoms with Gasteiger partial charge in [-0.2, -0.15) is 4.98 Å². The van der Waals surface area contributed by atoms with E-state index in [1.54, 1.807) is 18.0 Å². The number of aromatic nitrogens is 6. The van der Waals surface area contributed by atoms with Crippen molar-refractivity contribution in [2.75, 3.05) is 38.0 Å². The number of nitrogens with zero attached hydrogens (tertiary/aromatic N) is 8. The Bertz CT molecular complexity index is 849. The van der Waals surface area contributed by atoms with Gasteiger partial charge in [0.05, 0.1) is 5.69 Å². The van der Waals surface area contributed by atoms with Crippen molar-refractivity contribution in [1.82, 2.24) is 29.7 Å². The zero-order valence-electron chi connectivity index (χ0n) is 15.6. The van der Waals surface area contributed by atoms with Gasteiger partial charge in [0.2, 0.25) is 5.95 Å². The van der Waals surface area contributed by atoms with Crippen molar-refractivity contribution in [3.05, 3.63) is 36.2 Å². The summed E-state index contributed by atoms with van der Waals surface area (Å²) in [6, 6.07) is 7.82. The Morgan fingerprint density at radius 2 is 1.85 bits per heavy atom. The van der Waals surface area contributed by atoms with E-state index in [0.717, 1.165) is 28.1 Å². The van der Waals surface area contributed by atoms with Crippen LogP contribution in [0.2, 0.25) is 0 Å². The maximum Gasteiger partial charge on any atom is 0.227 e. The smallest absolute Gasteiger partial charge is 0.227 e. The Kier molecular flexibility index (Phi) is 5.36. The van der Waals surface area contributed by atoms with E-state index in [1.165, 1.54) is 0 Å². The van der Waals surface area contributed by atoms with Crippen LogP contribution in [-0.4, -0.2) is 57.9 Å². The largest absolute Gasteiger partial charge is 0.363 e. The molecule has 26 heavy (non-hydrogen) atoms. The van der Waals surface area contributed by atoms with E-state index < -0.39 is 0 Å². The van der Waals surface area contributed by atoms with E-state index in [2.05, 4.69) is 25.1 Å². The molecule has 0 unspecified atom stereocenters. The molecule has 0 N–H and O–H groups in total. The molecule has 136 valence electrons. The lowest BCUT2D eigenvalue weighted by molar-refractivity contribution is 0.791. The minimum Gasteiger partial charge on any atom is -0.363 e. The van der Waals surface area contributed by atoms with Gasteiger partial charge in [0.25, 0.3) is 0 Å². The monoisotopic (exact) mass is 370 g/mol. The van der Waals surface area contributed by atoms with Crippen LogP contribution in [0, 0.1) is 0 Å². The summed E-state index contributed by atoms with van der Waals surface area (Å²) in [7, 11) is 9.70. The first-order valence-electron chi connectivity index (χ1n) is 8.12. The van der Waals surface area contributed by atoms with Gasteiger partial charge in [-0.25, -0.2) is 4.98 Å². The molecule has 3 aromatic rings. The van der Waals surface area contributed by atoms with Gasteiger partial charge in [-0.1, -0.05) is 17.8 Å². The number of thioether (sulfide) groups is 1. The van der Waals surface area contributed by atoms with Gasteiger partial charge in [-0.3, -0.25) is 4.98 Å². The summed E-state index contributed by atoms with van der Waals surface area (Å²) in [4.78, 5) is 17.3. The van der Waals surface area contributed by atoms with Crippen molar-refractivity contribution in [3.8, 4) is 11.5 Å². The van der Waals surface area contributed by atoms with Crippen LogP contribution in [0.4, 0.5) is 11.8 Å². The van der Waals surface area contributed by atoms with Crippen LogP contribution in [0.1, 0.15) is 5.69 Å². The first-order valence-corrected chi connectivity index (χ1v) is 9.10. The molecule has 0 spiro atoms. The fourth-order valence-corrected chi connectivity index (χ4v) is 3.08. The number of hydrogen-bond acceptors (Lipinski definition) is 8. The van der Waals surface area contributed by atoms with Gasteiger partial charge in [-0.05, 0) is 12.1 Å². The van der Waals surface area contributed by atoms with Crippen molar-refractivity contribution >= 4 is 23.5 Å². The van der Waals surface area contributed by atoms with E-state index >= 15 is 0 Å². The number of anilines is 2. The summed E-state index contributed by atoms with van der Waals surface area (Å²) in [5, 5.41) is 9.48. The van der Waals surface area contributed by atoms with E-state index in [0.29, 0.717) is 11.8 Å². The lowest BCUT2D eigenvalue weighted by Gasteiger charge is -2.17. The summed E-state index contributed by atoms with van der Waals surface area (Å²) >= 11 is 1.60. The molecule has 3 rings (SSSR count). The quantitative estimate of drug-likeness (QED) is 0.611. The molecule has 0 atom stereocenters. The van der Waals surface area contributed by atoms with Gasteiger partial charge >= 0.3 is 0 Å². The molecule has 3 aromatic heterocycles. The molecule has 0 aromatic carbocycles. The number of hydrogen-bond donors (Lipinski definition) is 0. The van der Waals surface area contributed by atoms with E-state index in [4.69, 9.17) is 0 Å². The molecular weight excluding hydrogens is 348 g/mol. The van der Waals surface area contributed by atoms with Crippen LogP contribution in [-0.2, 0) is 12.8 Å². The molecule has 3 heterocycles. The molecule has 0 aliphatic carbocycles.